The quantitative estimate of drug-likeness (QED) is 0.836. The molecule has 2 rings (SSSR count). The van der Waals surface area contributed by atoms with E-state index in [2.05, 4.69) is 53.3 Å². The van der Waals surface area contributed by atoms with Gasteiger partial charge in [-0.2, -0.15) is 15.4 Å². The van der Waals surface area contributed by atoms with Crippen molar-refractivity contribution in [2.24, 2.45) is 0 Å². The molecule has 0 atom stereocenters. The summed E-state index contributed by atoms with van der Waals surface area (Å²) in [5.74, 6) is 1.43. The van der Waals surface area contributed by atoms with Gasteiger partial charge < -0.3 is 5.32 Å². The lowest BCUT2D eigenvalue weighted by Gasteiger charge is -2.08. The standard InChI is InChI=1S/C9H11IN6/c1-3-11-9-7(10)5(2)13-8(14-9)6-4-12-16-15-6/h4H,3H2,1-2H3,(H,11,13,14)(H,12,15,16). The third-order valence-electron chi connectivity index (χ3n) is 2.01. The van der Waals surface area contributed by atoms with E-state index in [1.807, 2.05) is 13.8 Å². The predicted octanol–water partition coefficient (Wildman–Crippen LogP) is 1.61. The number of rotatable bonds is 3. The highest BCUT2D eigenvalue weighted by molar-refractivity contribution is 14.1. The molecule has 0 saturated carbocycles. The van der Waals surface area contributed by atoms with Crippen LogP contribution in [0.1, 0.15) is 12.6 Å². The molecule has 0 saturated heterocycles. The molecule has 2 aromatic rings. The van der Waals surface area contributed by atoms with Gasteiger partial charge in [0.25, 0.3) is 0 Å². The summed E-state index contributed by atoms with van der Waals surface area (Å²) in [4.78, 5) is 8.79. The van der Waals surface area contributed by atoms with Crippen molar-refractivity contribution >= 4 is 28.4 Å². The Morgan fingerprint density at radius 1 is 1.44 bits per heavy atom. The average molecular weight is 330 g/mol. The summed E-state index contributed by atoms with van der Waals surface area (Å²) in [5, 5.41) is 13.5. The van der Waals surface area contributed by atoms with E-state index in [0.717, 1.165) is 21.6 Å². The van der Waals surface area contributed by atoms with Crippen LogP contribution in [0.15, 0.2) is 6.20 Å². The Kier molecular flexibility index (Phi) is 3.32. The van der Waals surface area contributed by atoms with E-state index in [-0.39, 0.29) is 0 Å². The highest BCUT2D eigenvalue weighted by Crippen LogP contribution is 2.21. The van der Waals surface area contributed by atoms with Crippen LogP contribution in [0.2, 0.25) is 0 Å². The molecule has 6 nitrogen and oxygen atoms in total. The maximum atomic E-state index is 4.41. The Morgan fingerprint density at radius 3 is 2.88 bits per heavy atom. The lowest BCUT2D eigenvalue weighted by molar-refractivity contribution is 0.936. The molecule has 0 aliphatic rings. The minimum Gasteiger partial charge on any atom is -0.369 e. The number of aryl methyl sites for hydroxylation is 1. The van der Waals surface area contributed by atoms with Crippen LogP contribution >= 0.6 is 22.6 Å². The molecule has 2 aromatic heterocycles. The van der Waals surface area contributed by atoms with Crippen LogP contribution in [0, 0.1) is 10.5 Å². The number of aromatic amines is 1. The molecule has 0 amide bonds. The molecule has 0 aromatic carbocycles. The fourth-order valence-corrected chi connectivity index (χ4v) is 1.70. The lowest BCUT2D eigenvalue weighted by atomic mass is 10.3. The first-order valence-electron chi connectivity index (χ1n) is 4.86. The van der Waals surface area contributed by atoms with E-state index in [1.165, 1.54) is 0 Å². The minimum absolute atomic E-state index is 0.586. The van der Waals surface area contributed by atoms with Gasteiger partial charge in [-0.15, -0.1) is 0 Å². The first-order chi connectivity index (χ1) is 7.72. The summed E-state index contributed by atoms with van der Waals surface area (Å²) in [7, 11) is 0. The van der Waals surface area contributed by atoms with E-state index in [4.69, 9.17) is 0 Å². The Hall–Kier alpha value is -1.25. The Morgan fingerprint density at radius 2 is 2.25 bits per heavy atom. The molecular weight excluding hydrogens is 319 g/mol. The van der Waals surface area contributed by atoms with Crippen LogP contribution in [0.5, 0.6) is 0 Å². The van der Waals surface area contributed by atoms with Gasteiger partial charge in [0.05, 0.1) is 15.5 Å². The van der Waals surface area contributed by atoms with Gasteiger partial charge in [0.1, 0.15) is 11.5 Å². The number of aromatic nitrogens is 5. The topological polar surface area (TPSA) is 79.4 Å². The summed E-state index contributed by atoms with van der Waals surface area (Å²) in [6.07, 6.45) is 1.61. The van der Waals surface area contributed by atoms with Crippen LogP contribution in [0.4, 0.5) is 5.82 Å². The molecule has 7 heteroatoms. The Labute approximate surface area is 106 Å². The molecule has 16 heavy (non-hydrogen) atoms. The minimum atomic E-state index is 0.586. The van der Waals surface area contributed by atoms with Gasteiger partial charge in [0.15, 0.2) is 5.82 Å². The summed E-state index contributed by atoms with van der Waals surface area (Å²) in [5.41, 5.74) is 1.59. The predicted molar refractivity (Wildman–Crippen MR) is 69.0 cm³/mol. The van der Waals surface area contributed by atoms with Crippen LogP contribution < -0.4 is 5.32 Å². The second-order valence-electron chi connectivity index (χ2n) is 3.18. The Bertz CT molecular complexity index is 481. The zero-order valence-electron chi connectivity index (χ0n) is 8.95. The number of halogens is 1. The highest BCUT2D eigenvalue weighted by Gasteiger charge is 2.11. The van der Waals surface area contributed by atoms with E-state index >= 15 is 0 Å². The van der Waals surface area contributed by atoms with Crippen LogP contribution in [0.3, 0.4) is 0 Å². The molecule has 0 aliphatic heterocycles. The fourth-order valence-electron chi connectivity index (χ4n) is 1.27. The fraction of sp³-hybridized carbons (Fsp3) is 0.333. The van der Waals surface area contributed by atoms with Crippen LogP contribution in [-0.2, 0) is 0 Å². The van der Waals surface area contributed by atoms with Gasteiger partial charge in [0, 0.05) is 6.54 Å². The van der Waals surface area contributed by atoms with Gasteiger partial charge in [-0.25, -0.2) is 9.97 Å². The zero-order chi connectivity index (χ0) is 11.5. The van der Waals surface area contributed by atoms with Gasteiger partial charge in [-0.05, 0) is 36.4 Å². The van der Waals surface area contributed by atoms with Crippen molar-refractivity contribution in [3.05, 3.63) is 15.5 Å². The van der Waals surface area contributed by atoms with Crippen molar-refractivity contribution < 1.29 is 0 Å². The number of nitrogens with zero attached hydrogens (tertiary/aromatic N) is 4. The van der Waals surface area contributed by atoms with Crippen molar-refractivity contribution in [1.82, 2.24) is 25.4 Å². The first kappa shape index (κ1) is 11.2. The Balaban J connectivity index is 2.48. The van der Waals surface area contributed by atoms with Crippen molar-refractivity contribution in [3.8, 4) is 11.5 Å². The molecule has 84 valence electrons. The van der Waals surface area contributed by atoms with Gasteiger partial charge in [-0.3, -0.25) is 0 Å². The maximum absolute atomic E-state index is 4.41. The molecule has 0 fully saturated rings. The van der Waals surface area contributed by atoms with Crippen molar-refractivity contribution in [2.45, 2.75) is 13.8 Å². The monoisotopic (exact) mass is 330 g/mol. The highest BCUT2D eigenvalue weighted by atomic mass is 127. The number of H-pyrrole nitrogens is 1. The smallest absolute Gasteiger partial charge is 0.184 e. The van der Waals surface area contributed by atoms with E-state index in [9.17, 15) is 0 Å². The molecule has 0 unspecified atom stereocenters. The third kappa shape index (κ3) is 2.13. The van der Waals surface area contributed by atoms with E-state index in [1.54, 1.807) is 6.20 Å². The molecule has 0 bridgehead atoms. The second-order valence-corrected chi connectivity index (χ2v) is 4.26. The van der Waals surface area contributed by atoms with Gasteiger partial charge in [-0.1, -0.05) is 0 Å². The second kappa shape index (κ2) is 4.73. The summed E-state index contributed by atoms with van der Waals surface area (Å²) in [6.45, 7) is 4.81. The number of hydrogen-bond donors (Lipinski definition) is 2. The number of hydrogen-bond acceptors (Lipinski definition) is 5. The lowest BCUT2D eigenvalue weighted by Crippen LogP contribution is -2.06. The average Bonchev–Trinajstić information content (AvgIpc) is 2.78. The van der Waals surface area contributed by atoms with Crippen LogP contribution in [-0.4, -0.2) is 31.9 Å². The molecular formula is C9H11IN6. The van der Waals surface area contributed by atoms with E-state index < -0.39 is 0 Å². The number of nitrogens with one attached hydrogen (secondary N) is 2. The van der Waals surface area contributed by atoms with Crippen molar-refractivity contribution in [2.75, 3.05) is 11.9 Å². The first-order valence-corrected chi connectivity index (χ1v) is 5.94. The summed E-state index contributed by atoms with van der Waals surface area (Å²) >= 11 is 2.23. The van der Waals surface area contributed by atoms with Gasteiger partial charge >= 0.3 is 0 Å². The van der Waals surface area contributed by atoms with Gasteiger partial charge in [0.2, 0.25) is 0 Å². The third-order valence-corrected chi connectivity index (χ3v) is 3.30. The summed E-state index contributed by atoms with van der Waals surface area (Å²) in [6, 6.07) is 0. The molecule has 0 spiro atoms. The molecule has 2 heterocycles. The summed E-state index contributed by atoms with van der Waals surface area (Å²) < 4.78 is 1.03. The SMILES string of the molecule is CCNc1nc(-c2cn[nH]n2)nc(C)c1I. The maximum Gasteiger partial charge on any atom is 0.184 e. The zero-order valence-corrected chi connectivity index (χ0v) is 11.1. The molecule has 2 N–H and O–H groups in total. The molecule has 0 aliphatic carbocycles. The van der Waals surface area contributed by atoms with Crippen LogP contribution in [0.25, 0.3) is 11.5 Å². The molecule has 0 radical (unpaired) electrons. The van der Waals surface area contributed by atoms with Crippen molar-refractivity contribution in [1.29, 1.82) is 0 Å². The van der Waals surface area contributed by atoms with E-state index in [0.29, 0.717) is 11.5 Å². The number of anilines is 1. The van der Waals surface area contributed by atoms with Crippen molar-refractivity contribution in [3.63, 3.8) is 0 Å². The normalized spacial score (nSPS) is 10.4. The largest absolute Gasteiger partial charge is 0.369 e.